The third kappa shape index (κ3) is 3.18. The Balaban J connectivity index is 1.95. The van der Waals surface area contributed by atoms with Crippen LogP contribution in [0.1, 0.15) is 43.4 Å². The highest BCUT2D eigenvalue weighted by molar-refractivity contribution is 5.81. The van der Waals surface area contributed by atoms with Gasteiger partial charge in [-0.1, -0.05) is 24.3 Å². The van der Waals surface area contributed by atoms with Crippen LogP contribution in [-0.2, 0) is 9.59 Å². The number of carbonyl (C=O) groups excluding carboxylic acids is 1. The van der Waals surface area contributed by atoms with Crippen molar-refractivity contribution in [3.8, 4) is 0 Å². The van der Waals surface area contributed by atoms with Crippen molar-refractivity contribution in [1.29, 1.82) is 0 Å². The van der Waals surface area contributed by atoms with E-state index in [0.29, 0.717) is 19.3 Å². The molecule has 0 saturated heterocycles. The molecule has 0 heterocycles. The number of carbonyl (C=O) groups is 2. The van der Waals surface area contributed by atoms with Gasteiger partial charge in [0.2, 0.25) is 5.91 Å². The number of hydrogen-bond acceptors (Lipinski definition) is 2. The van der Waals surface area contributed by atoms with E-state index in [4.69, 9.17) is 5.11 Å². The molecule has 1 aromatic rings. The number of aryl methyl sites for hydroxylation is 1. The predicted octanol–water partition coefficient (Wildman–Crippen LogP) is 2.67. The quantitative estimate of drug-likeness (QED) is 0.887. The van der Waals surface area contributed by atoms with Gasteiger partial charge in [-0.05, 0) is 44.2 Å². The monoisotopic (exact) mass is 275 g/mol. The SMILES string of the molecule is Cc1ccccc1[C@@H](C)NC(=O)[C@@H]1CC[C@H](C(=O)O)C1. The number of hydrogen-bond donors (Lipinski definition) is 2. The summed E-state index contributed by atoms with van der Waals surface area (Å²) in [5.41, 5.74) is 2.25. The molecule has 0 spiro atoms. The van der Waals surface area contributed by atoms with E-state index in [1.54, 1.807) is 0 Å². The molecule has 0 unspecified atom stereocenters. The first-order valence-corrected chi connectivity index (χ1v) is 7.07. The number of rotatable bonds is 4. The Morgan fingerprint density at radius 1 is 1.25 bits per heavy atom. The van der Waals surface area contributed by atoms with Crippen molar-refractivity contribution in [2.24, 2.45) is 11.8 Å². The maximum atomic E-state index is 12.2. The van der Waals surface area contributed by atoms with Crippen molar-refractivity contribution >= 4 is 11.9 Å². The van der Waals surface area contributed by atoms with Crippen LogP contribution in [0, 0.1) is 18.8 Å². The Bertz CT molecular complexity index is 512. The lowest BCUT2D eigenvalue weighted by Crippen LogP contribution is -2.32. The summed E-state index contributed by atoms with van der Waals surface area (Å²) in [7, 11) is 0. The maximum Gasteiger partial charge on any atom is 0.306 e. The summed E-state index contributed by atoms with van der Waals surface area (Å²) < 4.78 is 0. The normalized spacial score (nSPS) is 23.3. The lowest BCUT2D eigenvalue weighted by Gasteiger charge is -2.19. The number of amides is 1. The van der Waals surface area contributed by atoms with Gasteiger partial charge < -0.3 is 10.4 Å². The summed E-state index contributed by atoms with van der Waals surface area (Å²) in [5, 5.41) is 12.0. The molecule has 2 rings (SSSR count). The molecular weight excluding hydrogens is 254 g/mol. The summed E-state index contributed by atoms with van der Waals surface area (Å²) in [6.45, 7) is 3.98. The van der Waals surface area contributed by atoms with Crippen LogP contribution in [0.15, 0.2) is 24.3 Å². The molecular formula is C16H21NO3. The largest absolute Gasteiger partial charge is 0.481 e. The average Bonchev–Trinajstić information content (AvgIpc) is 2.88. The van der Waals surface area contributed by atoms with Gasteiger partial charge in [-0.15, -0.1) is 0 Å². The molecule has 4 nitrogen and oxygen atoms in total. The van der Waals surface area contributed by atoms with Gasteiger partial charge in [0.25, 0.3) is 0 Å². The molecule has 4 heteroatoms. The molecule has 1 amide bonds. The van der Waals surface area contributed by atoms with E-state index in [1.807, 2.05) is 38.1 Å². The van der Waals surface area contributed by atoms with Crippen molar-refractivity contribution in [2.75, 3.05) is 0 Å². The van der Waals surface area contributed by atoms with Crippen molar-refractivity contribution in [1.82, 2.24) is 5.32 Å². The van der Waals surface area contributed by atoms with Gasteiger partial charge in [0.15, 0.2) is 0 Å². The molecule has 0 aromatic heterocycles. The Morgan fingerprint density at radius 2 is 1.90 bits per heavy atom. The number of benzene rings is 1. The van der Waals surface area contributed by atoms with Gasteiger partial charge in [-0.25, -0.2) is 0 Å². The fraction of sp³-hybridized carbons (Fsp3) is 0.500. The van der Waals surface area contributed by atoms with Crippen molar-refractivity contribution in [3.05, 3.63) is 35.4 Å². The topological polar surface area (TPSA) is 66.4 Å². The lowest BCUT2D eigenvalue weighted by atomic mass is 10.0. The van der Waals surface area contributed by atoms with Gasteiger partial charge in [0.1, 0.15) is 0 Å². The molecule has 1 fully saturated rings. The average molecular weight is 275 g/mol. The summed E-state index contributed by atoms with van der Waals surface area (Å²) >= 11 is 0. The standard InChI is InChI=1S/C16H21NO3/c1-10-5-3-4-6-14(10)11(2)17-15(18)12-7-8-13(9-12)16(19)20/h3-6,11-13H,7-9H2,1-2H3,(H,17,18)(H,19,20)/t11-,12-,13+/m1/s1. The van der Waals surface area contributed by atoms with E-state index in [0.717, 1.165) is 11.1 Å². The highest BCUT2D eigenvalue weighted by Crippen LogP contribution is 2.31. The fourth-order valence-electron chi connectivity index (χ4n) is 2.93. The third-order valence-corrected chi connectivity index (χ3v) is 4.17. The molecule has 1 aliphatic carbocycles. The van der Waals surface area contributed by atoms with Gasteiger partial charge in [-0.3, -0.25) is 9.59 Å². The minimum Gasteiger partial charge on any atom is -0.481 e. The van der Waals surface area contributed by atoms with Crippen LogP contribution in [0.3, 0.4) is 0 Å². The molecule has 2 N–H and O–H groups in total. The number of aliphatic carboxylic acids is 1. The minimum atomic E-state index is -0.785. The molecule has 3 atom stereocenters. The van der Waals surface area contributed by atoms with Crippen LogP contribution in [0.4, 0.5) is 0 Å². The van der Waals surface area contributed by atoms with Gasteiger partial charge in [0, 0.05) is 5.92 Å². The van der Waals surface area contributed by atoms with E-state index >= 15 is 0 Å². The van der Waals surface area contributed by atoms with Gasteiger partial charge in [-0.2, -0.15) is 0 Å². The van der Waals surface area contributed by atoms with Crippen LogP contribution >= 0.6 is 0 Å². The number of carboxylic acids is 1. The molecule has 0 radical (unpaired) electrons. The molecule has 20 heavy (non-hydrogen) atoms. The Morgan fingerprint density at radius 3 is 2.50 bits per heavy atom. The highest BCUT2D eigenvalue weighted by atomic mass is 16.4. The van der Waals surface area contributed by atoms with E-state index in [2.05, 4.69) is 5.32 Å². The van der Waals surface area contributed by atoms with Gasteiger partial charge >= 0.3 is 5.97 Å². The maximum absolute atomic E-state index is 12.2. The number of carboxylic acid groups (broad SMARTS) is 1. The second-order valence-electron chi connectivity index (χ2n) is 5.63. The van der Waals surface area contributed by atoms with Crippen LogP contribution in [0.5, 0.6) is 0 Å². The first-order chi connectivity index (χ1) is 9.49. The zero-order chi connectivity index (χ0) is 14.7. The Labute approximate surface area is 119 Å². The van der Waals surface area contributed by atoms with Crippen molar-refractivity contribution in [2.45, 2.75) is 39.2 Å². The highest BCUT2D eigenvalue weighted by Gasteiger charge is 2.34. The molecule has 108 valence electrons. The van der Waals surface area contributed by atoms with Crippen LogP contribution in [-0.4, -0.2) is 17.0 Å². The molecule has 1 aliphatic rings. The zero-order valence-electron chi connectivity index (χ0n) is 11.9. The van der Waals surface area contributed by atoms with E-state index in [1.165, 1.54) is 0 Å². The molecule has 0 aliphatic heterocycles. The second kappa shape index (κ2) is 6.07. The first kappa shape index (κ1) is 14.6. The van der Waals surface area contributed by atoms with Gasteiger partial charge in [0.05, 0.1) is 12.0 Å². The Hall–Kier alpha value is -1.84. The zero-order valence-corrected chi connectivity index (χ0v) is 11.9. The molecule has 0 bridgehead atoms. The third-order valence-electron chi connectivity index (χ3n) is 4.17. The Kier molecular flexibility index (Phi) is 4.42. The molecule has 1 saturated carbocycles. The predicted molar refractivity (Wildman–Crippen MR) is 76.2 cm³/mol. The van der Waals surface area contributed by atoms with Crippen LogP contribution < -0.4 is 5.32 Å². The summed E-state index contributed by atoms with van der Waals surface area (Å²) in [5.74, 6) is -1.33. The minimum absolute atomic E-state index is 0.0236. The molecule has 1 aromatic carbocycles. The summed E-state index contributed by atoms with van der Waals surface area (Å²) in [4.78, 5) is 23.1. The second-order valence-corrected chi connectivity index (χ2v) is 5.63. The first-order valence-electron chi connectivity index (χ1n) is 7.07. The smallest absolute Gasteiger partial charge is 0.306 e. The van der Waals surface area contributed by atoms with E-state index in [-0.39, 0.29) is 23.8 Å². The van der Waals surface area contributed by atoms with Crippen LogP contribution in [0.25, 0.3) is 0 Å². The fourth-order valence-corrected chi connectivity index (χ4v) is 2.93. The van der Waals surface area contributed by atoms with Crippen molar-refractivity contribution in [3.63, 3.8) is 0 Å². The lowest BCUT2D eigenvalue weighted by molar-refractivity contribution is -0.141. The van der Waals surface area contributed by atoms with E-state index in [9.17, 15) is 9.59 Å². The van der Waals surface area contributed by atoms with E-state index < -0.39 is 5.97 Å². The summed E-state index contributed by atoms with van der Waals surface area (Å²) in [6.07, 6.45) is 1.73. The van der Waals surface area contributed by atoms with Crippen molar-refractivity contribution < 1.29 is 14.7 Å². The summed E-state index contributed by atoms with van der Waals surface area (Å²) in [6, 6.07) is 7.92. The number of nitrogens with one attached hydrogen (secondary N) is 1. The van der Waals surface area contributed by atoms with Crippen LogP contribution in [0.2, 0.25) is 0 Å².